The zero-order valence-corrected chi connectivity index (χ0v) is 19.1. The van der Waals surface area contributed by atoms with Gasteiger partial charge in [-0.3, -0.25) is 4.79 Å². The molecule has 1 N–H and O–H groups in total. The number of hydrogen-bond acceptors (Lipinski definition) is 4. The molecule has 0 saturated carbocycles. The van der Waals surface area contributed by atoms with E-state index in [1.165, 1.54) is 10.4 Å². The fourth-order valence-electron chi connectivity index (χ4n) is 3.75. The van der Waals surface area contributed by atoms with Gasteiger partial charge >= 0.3 is 0 Å². The number of aliphatic imine (C=N–C) groups is 1. The van der Waals surface area contributed by atoms with Gasteiger partial charge in [-0.25, -0.2) is 4.99 Å². The average molecular weight is 453 g/mol. The second-order valence-corrected chi connectivity index (χ2v) is 8.93. The maximum atomic E-state index is 13.1. The first-order chi connectivity index (χ1) is 15.2. The van der Waals surface area contributed by atoms with Gasteiger partial charge in [-0.1, -0.05) is 41.9 Å². The fourth-order valence-corrected chi connectivity index (χ4v) is 5.22. The molecule has 1 heterocycles. The molecule has 0 fully saturated rings. The number of ether oxygens (including phenoxy) is 1. The van der Waals surface area contributed by atoms with E-state index in [-0.39, 0.29) is 5.91 Å². The summed E-state index contributed by atoms with van der Waals surface area (Å²) in [6.45, 7) is 2.99. The molecule has 1 amide bonds. The van der Waals surface area contributed by atoms with E-state index in [0.717, 1.165) is 47.4 Å². The van der Waals surface area contributed by atoms with Gasteiger partial charge in [-0.15, -0.1) is 11.3 Å². The summed E-state index contributed by atoms with van der Waals surface area (Å²) in [6, 6.07) is 15.6. The maximum absolute atomic E-state index is 13.1. The molecule has 6 heteroatoms. The van der Waals surface area contributed by atoms with E-state index in [1.807, 2.05) is 55.5 Å². The van der Waals surface area contributed by atoms with Crippen molar-refractivity contribution in [3.63, 3.8) is 0 Å². The number of benzene rings is 2. The Bertz CT molecular complexity index is 1090. The van der Waals surface area contributed by atoms with Crippen LogP contribution in [0.1, 0.15) is 51.7 Å². The number of hydrogen-bond donors (Lipinski definition) is 1. The molecule has 0 atom stereocenters. The molecule has 1 aromatic heterocycles. The van der Waals surface area contributed by atoms with Crippen LogP contribution in [0.25, 0.3) is 0 Å². The number of rotatable bonds is 7. The predicted octanol–water partition coefficient (Wildman–Crippen LogP) is 6.36. The molecule has 3 aromatic rings. The molecule has 0 aliphatic heterocycles. The normalized spacial score (nSPS) is 13.2. The molecular weight excluding hydrogens is 428 g/mol. The summed E-state index contributed by atoms with van der Waals surface area (Å²) in [5.74, 6) is 0.606. The van der Waals surface area contributed by atoms with Gasteiger partial charge in [0.05, 0.1) is 17.2 Å². The van der Waals surface area contributed by atoms with E-state index >= 15 is 0 Å². The van der Waals surface area contributed by atoms with Gasteiger partial charge in [-0.05, 0) is 67.5 Å². The summed E-state index contributed by atoms with van der Waals surface area (Å²) < 4.78 is 5.50. The molecule has 0 bridgehead atoms. The lowest BCUT2D eigenvalue weighted by Gasteiger charge is -2.12. The Morgan fingerprint density at radius 3 is 2.77 bits per heavy atom. The van der Waals surface area contributed by atoms with Gasteiger partial charge in [0, 0.05) is 17.6 Å². The van der Waals surface area contributed by atoms with Crippen LogP contribution >= 0.6 is 22.9 Å². The van der Waals surface area contributed by atoms with Crippen LogP contribution in [-0.2, 0) is 19.4 Å². The summed E-state index contributed by atoms with van der Waals surface area (Å²) in [5.41, 5.74) is 3.84. The first-order valence-corrected chi connectivity index (χ1v) is 11.8. The van der Waals surface area contributed by atoms with Crippen molar-refractivity contribution in [1.82, 2.24) is 5.32 Å². The lowest BCUT2D eigenvalue weighted by Crippen LogP contribution is -2.24. The number of carbonyl (C=O) groups excluding carboxylic acids is 1. The van der Waals surface area contributed by atoms with Crippen LogP contribution in [0, 0.1) is 0 Å². The Labute approximate surface area is 191 Å². The van der Waals surface area contributed by atoms with E-state index in [0.29, 0.717) is 23.9 Å². The first kappa shape index (κ1) is 21.6. The molecule has 1 aliphatic rings. The third kappa shape index (κ3) is 5.17. The molecule has 0 unspecified atom stereocenters. The molecule has 0 saturated heterocycles. The van der Waals surface area contributed by atoms with Crippen LogP contribution in [0.3, 0.4) is 0 Å². The molecule has 1 aliphatic carbocycles. The van der Waals surface area contributed by atoms with Gasteiger partial charge in [0.1, 0.15) is 10.8 Å². The van der Waals surface area contributed by atoms with E-state index in [1.54, 1.807) is 17.6 Å². The highest BCUT2D eigenvalue weighted by Gasteiger charge is 2.25. The lowest BCUT2D eigenvalue weighted by molar-refractivity contribution is 0.0951. The van der Waals surface area contributed by atoms with Gasteiger partial charge < -0.3 is 10.1 Å². The topological polar surface area (TPSA) is 50.7 Å². The molecule has 4 rings (SSSR count). The monoisotopic (exact) mass is 452 g/mol. The first-order valence-electron chi connectivity index (χ1n) is 10.6. The van der Waals surface area contributed by atoms with Crippen molar-refractivity contribution in [1.29, 1.82) is 0 Å². The standard InChI is InChI=1S/C25H25ClN2O2S/c1-2-30-21-13-12-18(14-20(21)26)16-28-25-23(19-10-6-7-11-22(19)31-25)24(29)27-15-17-8-4-3-5-9-17/h3-5,8-9,12-14,16H,2,6-7,10-11,15H2,1H3,(H,27,29). The summed E-state index contributed by atoms with van der Waals surface area (Å²) in [6.07, 6.45) is 6.00. The number of amides is 1. The molecular formula is C25H25ClN2O2S. The molecule has 2 aromatic carbocycles. The quantitative estimate of drug-likeness (QED) is 0.424. The van der Waals surface area contributed by atoms with E-state index in [9.17, 15) is 4.79 Å². The number of fused-ring (bicyclic) bond motifs is 1. The van der Waals surface area contributed by atoms with Crippen molar-refractivity contribution < 1.29 is 9.53 Å². The third-order valence-electron chi connectivity index (χ3n) is 5.26. The van der Waals surface area contributed by atoms with Crippen molar-refractivity contribution in [3.8, 4) is 5.75 Å². The highest BCUT2D eigenvalue weighted by molar-refractivity contribution is 7.16. The van der Waals surface area contributed by atoms with Crippen LogP contribution in [0.4, 0.5) is 5.00 Å². The van der Waals surface area contributed by atoms with Crippen LogP contribution in [-0.4, -0.2) is 18.7 Å². The number of aryl methyl sites for hydroxylation is 1. The zero-order chi connectivity index (χ0) is 21.6. The Hall–Kier alpha value is -2.63. The summed E-state index contributed by atoms with van der Waals surface area (Å²) in [5, 5.41) is 4.40. The van der Waals surface area contributed by atoms with Gasteiger partial charge in [-0.2, -0.15) is 0 Å². The second-order valence-electron chi connectivity index (χ2n) is 7.44. The van der Waals surface area contributed by atoms with Gasteiger partial charge in [0.25, 0.3) is 5.91 Å². The Kier molecular flexibility index (Phi) is 7.05. The predicted molar refractivity (Wildman–Crippen MR) is 128 cm³/mol. The van der Waals surface area contributed by atoms with E-state index in [2.05, 4.69) is 5.32 Å². The van der Waals surface area contributed by atoms with Crippen molar-refractivity contribution in [2.45, 2.75) is 39.2 Å². The smallest absolute Gasteiger partial charge is 0.254 e. The van der Waals surface area contributed by atoms with Crippen LogP contribution in [0.5, 0.6) is 5.75 Å². The number of nitrogens with zero attached hydrogens (tertiary/aromatic N) is 1. The third-order valence-corrected chi connectivity index (χ3v) is 6.76. The molecule has 0 radical (unpaired) electrons. The number of carbonyl (C=O) groups is 1. The number of nitrogens with one attached hydrogen (secondary N) is 1. The summed E-state index contributed by atoms with van der Waals surface area (Å²) >= 11 is 7.94. The van der Waals surface area contributed by atoms with Crippen LogP contribution in [0.2, 0.25) is 5.02 Å². The van der Waals surface area contributed by atoms with Crippen molar-refractivity contribution in [3.05, 3.63) is 80.7 Å². The SMILES string of the molecule is CCOc1ccc(C=Nc2sc3c(c2C(=O)NCc2ccccc2)CCCC3)cc1Cl. The minimum atomic E-state index is -0.0554. The van der Waals surface area contributed by atoms with Crippen molar-refractivity contribution in [2.75, 3.05) is 6.61 Å². The maximum Gasteiger partial charge on any atom is 0.254 e. The Morgan fingerprint density at radius 1 is 1.19 bits per heavy atom. The highest BCUT2D eigenvalue weighted by atomic mass is 35.5. The largest absolute Gasteiger partial charge is 0.492 e. The summed E-state index contributed by atoms with van der Waals surface area (Å²) in [7, 11) is 0. The molecule has 31 heavy (non-hydrogen) atoms. The fraction of sp³-hybridized carbons (Fsp3) is 0.280. The highest BCUT2D eigenvalue weighted by Crippen LogP contribution is 2.40. The molecule has 160 valence electrons. The minimum Gasteiger partial charge on any atom is -0.492 e. The Morgan fingerprint density at radius 2 is 2.00 bits per heavy atom. The van der Waals surface area contributed by atoms with Crippen molar-refractivity contribution in [2.24, 2.45) is 4.99 Å². The van der Waals surface area contributed by atoms with Crippen LogP contribution in [0.15, 0.2) is 53.5 Å². The average Bonchev–Trinajstić information content (AvgIpc) is 3.17. The van der Waals surface area contributed by atoms with Gasteiger partial charge in [0.2, 0.25) is 0 Å². The Balaban J connectivity index is 1.58. The van der Waals surface area contributed by atoms with E-state index < -0.39 is 0 Å². The lowest BCUT2D eigenvalue weighted by atomic mass is 9.95. The van der Waals surface area contributed by atoms with Crippen LogP contribution < -0.4 is 10.1 Å². The zero-order valence-electron chi connectivity index (χ0n) is 17.5. The number of thiophene rings is 1. The van der Waals surface area contributed by atoms with Crippen molar-refractivity contribution >= 4 is 40.1 Å². The molecule has 0 spiro atoms. The van der Waals surface area contributed by atoms with E-state index in [4.69, 9.17) is 21.3 Å². The van der Waals surface area contributed by atoms with Gasteiger partial charge in [0.15, 0.2) is 0 Å². The molecule has 4 nitrogen and oxygen atoms in total. The summed E-state index contributed by atoms with van der Waals surface area (Å²) in [4.78, 5) is 19.1. The second kappa shape index (κ2) is 10.1. The number of halogens is 1. The minimum absolute atomic E-state index is 0.0554.